The number of hydrogen-bond donors (Lipinski definition) is 1. The lowest BCUT2D eigenvalue weighted by Crippen LogP contribution is -2.12. The molecule has 2 rings (SSSR count). The molecule has 16 heavy (non-hydrogen) atoms. The van der Waals surface area contributed by atoms with Crippen molar-refractivity contribution in [2.45, 2.75) is 32.9 Å². The van der Waals surface area contributed by atoms with Gasteiger partial charge in [-0.3, -0.25) is 0 Å². The van der Waals surface area contributed by atoms with E-state index in [4.69, 9.17) is 0 Å². The molecular formula is C12H16N2S2. The van der Waals surface area contributed by atoms with Gasteiger partial charge in [0, 0.05) is 29.3 Å². The van der Waals surface area contributed by atoms with Gasteiger partial charge in [-0.25, -0.2) is 4.98 Å². The first kappa shape index (κ1) is 11.8. The van der Waals surface area contributed by atoms with Crippen molar-refractivity contribution in [1.29, 1.82) is 0 Å². The zero-order valence-corrected chi connectivity index (χ0v) is 11.2. The highest BCUT2D eigenvalue weighted by molar-refractivity contribution is 7.10. The minimum atomic E-state index is 0.538. The average molecular weight is 252 g/mol. The molecule has 2 nitrogen and oxygen atoms in total. The fraction of sp³-hybridized carbons (Fsp3) is 0.417. The molecule has 86 valence electrons. The van der Waals surface area contributed by atoms with Crippen LogP contribution >= 0.6 is 22.7 Å². The van der Waals surface area contributed by atoms with E-state index in [1.807, 2.05) is 0 Å². The zero-order valence-electron chi connectivity index (χ0n) is 9.56. The number of nitrogens with one attached hydrogen (secondary N) is 1. The van der Waals surface area contributed by atoms with Gasteiger partial charge >= 0.3 is 0 Å². The van der Waals surface area contributed by atoms with Crippen LogP contribution in [0.25, 0.3) is 0 Å². The van der Waals surface area contributed by atoms with Crippen molar-refractivity contribution >= 4 is 22.7 Å². The number of hydrogen-bond acceptors (Lipinski definition) is 4. The molecule has 0 fully saturated rings. The Bertz CT molecular complexity index is 418. The van der Waals surface area contributed by atoms with Crippen molar-refractivity contribution in [2.24, 2.45) is 0 Å². The Kier molecular flexibility index (Phi) is 4.09. The van der Waals surface area contributed by atoms with E-state index >= 15 is 0 Å². The molecule has 2 aromatic heterocycles. The summed E-state index contributed by atoms with van der Waals surface area (Å²) in [5, 5.41) is 8.90. The van der Waals surface area contributed by atoms with Crippen LogP contribution in [0.5, 0.6) is 0 Å². The monoisotopic (exact) mass is 252 g/mol. The van der Waals surface area contributed by atoms with Crippen LogP contribution < -0.4 is 5.32 Å². The molecule has 0 unspecified atom stereocenters. The molecule has 0 aliphatic carbocycles. The molecule has 0 aliphatic heterocycles. The highest BCUT2D eigenvalue weighted by atomic mass is 32.1. The summed E-state index contributed by atoms with van der Waals surface area (Å²) in [4.78, 5) is 5.96. The molecule has 0 saturated carbocycles. The predicted octanol–water partition coefficient (Wildman–Crippen LogP) is 3.62. The van der Waals surface area contributed by atoms with Crippen molar-refractivity contribution in [3.8, 4) is 0 Å². The largest absolute Gasteiger partial charge is 0.306 e. The molecule has 2 aromatic rings. The minimum absolute atomic E-state index is 0.538. The Morgan fingerprint density at radius 1 is 1.31 bits per heavy atom. The van der Waals surface area contributed by atoms with Gasteiger partial charge < -0.3 is 5.32 Å². The first-order valence-electron chi connectivity index (χ1n) is 5.43. The summed E-state index contributed by atoms with van der Waals surface area (Å²) >= 11 is 3.54. The molecular weight excluding hydrogens is 236 g/mol. The standard InChI is InChI=1S/C12H16N2S2/c1-9(2)12-14-10(8-16-12)6-13-7-11-4-3-5-15-11/h3-5,8-9,13H,6-7H2,1-2H3. The fourth-order valence-corrected chi connectivity index (χ4v) is 2.91. The van der Waals surface area contributed by atoms with E-state index in [2.05, 4.69) is 47.0 Å². The Labute approximate surface area is 104 Å². The van der Waals surface area contributed by atoms with Gasteiger partial charge in [0.15, 0.2) is 0 Å². The highest BCUT2D eigenvalue weighted by Gasteiger charge is 2.05. The SMILES string of the molecule is CC(C)c1nc(CNCc2cccs2)cs1. The van der Waals surface area contributed by atoms with Crippen molar-refractivity contribution in [3.05, 3.63) is 38.5 Å². The van der Waals surface area contributed by atoms with E-state index < -0.39 is 0 Å². The van der Waals surface area contributed by atoms with Crippen LogP contribution in [0.4, 0.5) is 0 Å². The predicted molar refractivity (Wildman–Crippen MR) is 71.1 cm³/mol. The summed E-state index contributed by atoms with van der Waals surface area (Å²) in [6, 6.07) is 4.24. The van der Waals surface area contributed by atoms with Gasteiger partial charge in [0.05, 0.1) is 10.7 Å². The highest BCUT2D eigenvalue weighted by Crippen LogP contribution is 2.19. The number of aromatic nitrogens is 1. The summed E-state index contributed by atoms with van der Waals surface area (Å²) in [7, 11) is 0. The zero-order chi connectivity index (χ0) is 11.4. The van der Waals surface area contributed by atoms with Gasteiger partial charge in [0.25, 0.3) is 0 Å². The Morgan fingerprint density at radius 2 is 2.19 bits per heavy atom. The number of nitrogens with zero attached hydrogens (tertiary/aromatic N) is 1. The van der Waals surface area contributed by atoms with Crippen LogP contribution in [0, 0.1) is 0 Å². The number of thiophene rings is 1. The molecule has 0 saturated heterocycles. The Balaban J connectivity index is 1.81. The number of thiazole rings is 1. The normalized spacial score (nSPS) is 11.2. The lowest BCUT2D eigenvalue weighted by molar-refractivity contribution is 0.685. The van der Waals surface area contributed by atoms with Crippen LogP contribution in [0.2, 0.25) is 0 Å². The van der Waals surface area contributed by atoms with Gasteiger partial charge in [-0.05, 0) is 11.4 Å². The smallest absolute Gasteiger partial charge is 0.0954 e. The first-order valence-corrected chi connectivity index (χ1v) is 7.19. The van der Waals surface area contributed by atoms with E-state index in [0.717, 1.165) is 18.8 Å². The van der Waals surface area contributed by atoms with Crippen LogP contribution in [0.15, 0.2) is 22.9 Å². The maximum Gasteiger partial charge on any atom is 0.0954 e. The van der Waals surface area contributed by atoms with Gasteiger partial charge in [-0.1, -0.05) is 19.9 Å². The van der Waals surface area contributed by atoms with Crippen LogP contribution in [0.1, 0.15) is 35.3 Å². The van der Waals surface area contributed by atoms with E-state index in [-0.39, 0.29) is 0 Å². The number of rotatable bonds is 5. The topological polar surface area (TPSA) is 24.9 Å². The second-order valence-corrected chi connectivity index (χ2v) is 5.94. The molecule has 1 N–H and O–H groups in total. The van der Waals surface area contributed by atoms with Crippen LogP contribution in [-0.4, -0.2) is 4.98 Å². The summed E-state index contributed by atoms with van der Waals surface area (Å²) in [5.41, 5.74) is 1.16. The second kappa shape index (κ2) is 5.57. The quantitative estimate of drug-likeness (QED) is 0.879. The van der Waals surface area contributed by atoms with Crippen LogP contribution in [-0.2, 0) is 13.1 Å². The van der Waals surface area contributed by atoms with Crippen molar-refractivity contribution in [1.82, 2.24) is 10.3 Å². The third-order valence-electron chi connectivity index (χ3n) is 2.25. The molecule has 2 heterocycles. The van der Waals surface area contributed by atoms with E-state index in [0.29, 0.717) is 5.92 Å². The maximum atomic E-state index is 4.59. The molecule has 0 bridgehead atoms. The molecule has 0 radical (unpaired) electrons. The second-order valence-electron chi connectivity index (χ2n) is 4.01. The molecule has 0 aromatic carbocycles. The Hall–Kier alpha value is -0.710. The van der Waals surface area contributed by atoms with Crippen molar-refractivity contribution in [3.63, 3.8) is 0 Å². The molecule has 4 heteroatoms. The van der Waals surface area contributed by atoms with E-state index in [1.54, 1.807) is 22.7 Å². The fourth-order valence-electron chi connectivity index (χ4n) is 1.40. The van der Waals surface area contributed by atoms with E-state index in [9.17, 15) is 0 Å². The first-order chi connectivity index (χ1) is 7.75. The molecule has 0 spiro atoms. The van der Waals surface area contributed by atoms with Gasteiger partial charge in [0.2, 0.25) is 0 Å². The van der Waals surface area contributed by atoms with Gasteiger partial charge in [-0.15, -0.1) is 22.7 Å². The third kappa shape index (κ3) is 3.14. The Morgan fingerprint density at radius 3 is 2.81 bits per heavy atom. The van der Waals surface area contributed by atoms with Gasteiger partial charge in [-0.2, -0.15) is 0 Å². The summed E-state index contributed by atoms with van der Waals surface area (Å²) < 4.78 is 0. The molecule has 0 aliphatic rings. The lowest BCUT2D eigenvalue weighted by atomic mass is 10.2. The summed E-state index contributed by atoms with van der Waals surface area (Å²) in [6.45, 7) is 6.16. The minimum Gasteiger partial charge on any atom is -0.306 e. The van der Waals surface area contributed by atoms with Crippen molar-refractivity contribution in [2.75, 3.05) is 0 Å². The maximum absolute atomic E-state index is 4.59. The molecule has 0 amide bonds. The van der Waals surface area contributed by atoms with Crippen LogP contribution in [0.3, 0.4) is 0 Å². The summed E-state index contributed by atoms with van der Waals surface area (Å²) in [5.74, 6) is 0.538. The third-order valence-corrected chi connectivity index (χ3v) is 4.32. The lowest BCUT2D eigenvalue weighted by Gasteiger charge is -2.00. The average Bonchev–Trinajstić information content (AvgIpc) is 2.87. The van der Waals surface area contributed by atoms with E-state index in [1.165, 1.54) is 9.88 Å². The van der Waals surface area contributed by atoms with Gasteiger partial charge in [0.1, 0.15) is 0 Å². The molecule has 0 atom stereocenters. The van der Waals surface area contributed by atoms with Crippen molar-refractivity contribution < 1.29 is 0 Å². The summed E-state index contributed by atoms with van der Waals surface area (Å²) in [6.07, 6.45) is 0.